The van der Waals surface area contributed by atoms with Crippen molar-refractivity contribution in [3.05, 3.63) is 17.8 Å². The summed E-state index contributed by atoms with van der Waals surface area (Å²) in [6, 6.07) is 0.483. The minimum absolute atomic E-state index is 0.00553. The number of nitrogens with zero attached hydrogens (tertiary/aromatic N) is 1. The van der Waals surface area contributed by atoms with Crippen LogP contribution in [0.1, 0.15) is 79.2 Å². The number of pyridine rings is 1. The van der Waals surface area contributed by atoms with Crippen molar-refractivity contribution < 1.29 is 33.3 Å². The molecule has 6 N–H and O–H groups in total. The van der Waals surface area contributed by atoms with E-state index < -0.39 is 36.0 Å². The number of carbonyl (C=O) groups is 3. The molecule has 0 aliphatic heterocycles. The van der Waals surface area contributed by atoms with Gasteiger partial charge in [0.2, 0.25) is 11.8 Å². The third-order valence-electron chi connectivity index (χ3n) is 8.89. The first kappa shape index (κ1) is 40.2. The average molecular weight is 664 g/mol. The van der Waals surface area contributed by atoms with Crippen LogP contribution in [0.15, 0.2) is 12.3 Å². The van der Waals surface area contributed by atoms with Gasteiger partial charge < -0.3 is 41.0 Å². The van der Waals surface area contributed by atoms with Gasteiger partial charge in [-0.2, -0.15) is 0 Å². The van der Waals surface area contributed by atoms with E-state index in [1.165, 1.54) is 0 Å². The lowest BCUT2D eigenvalue weighted by molar-refractivity contribution is -0.157. The molecule has 2 amide bonds. The fourth-order valence-electron chi connectivity index (χ4n) is 5.51. The number of nitrogens with two attached hydrogens (primary N) is 2. The maximum absolute atomic E-state index is 13.6. The number of rotatable bonds is 23. The Morgan fingerprint density at radius 3 is 2.26 bits per heavy atom. The molecule has 47 heavy (non-hydrogen) atoms. The maximum atomic E-state index is 13.6. The summed E-state index contributed by atoms with van der Waals surface area (Å²) in [7, 11) is 3.21. The van der Waals surface area contributed by atoms with Crippen LogP contribution < -0.4 is 31.6 Å². The summed E-state index contributed by atoms with van der Waals surface area (Å²) in [4.78, 5) is 43.5. The fraction of sp³-hybridized carbons (Fsp3) is 0.771. The molecule has 2 rings (SSSR count). The van der Waals surface area contributed by atoms with Crippen LogP contribution in [0.4, 0.5) is 0 Å². The number of aromatic nitrogens is 1. The number of ether oxygens (including phenoxy) is 4. The molecule has 268 valence electrons. The van der Waals surface area contributed by atoms with Gasteiger partial charge in [0.05, 0.1) is 20.3 Å². The SMILES string of the molecule is COCCCOc1cc(CC(C[C@H](N)C(CC(C(=O)NCC2CC2)C(C)C)OC(=O)C(NC(=O)CN)C(C)C)C(C)C)cnc1OC. The summed E-state index contributed by atoms with van der Waals surface area (Å²) in [5.41, 5.74) is 13.4. The molecule has 1 aromatic heterocycles. The quantitative estimate of drug-likeness (QED) is 0.100. The fourth-order valence-corrected chi connectivity index (χ4v) is 5.51. The van der Waals surface area contributed by atoms with E-state index >= 15 is 0 Å². The monoisotopic (exact) mass is 663 g/mol. The Hall–Kier alpha value is -2.96. The van der Waals surface area contributed by atoms with Crippen LogP contribution in [0.2, 0.25) is 0 Å². The van der Waals surface area contributed by atoms with Gasteiger partial charge in [0.15, 0.2) is 5.75 Å². The van der Waals surface area contributed by atoms with Crippen LogP contribution in [0.25, 0.3) is 0 Å². The van der Waals surface area contributed by atoms with Crippen LogP contribution in [-0.4, -0.2) is 81.5 Å². The Morgan fingerprint density at radius 1 is 1.00 bits per heavy atom. The highest BCUT2D eigenvalue weighted by Crippen LogP contribution is 2.31. The zero-order valence-corrected chi connectivity index (χ0v) is 29.9. The molecule has 0 bridgehead atoms. The molecule has 1 saturated carbocycles. The van der Waals surface area contributed by atoms with Crippen molar-refractivity contribution in [3.8, 4) is 11.6 Å². The van der Waals surface area contributed by atoms with Crippen LogP contribution in [0.5, 0.6) is 11.6 Å². The van der Waals surface area contributed by atoms with Crippen LogP contribution in [0.3, 0.4) is 0 Å². The largest absolute Gasteiger partial charge is 0.488 e. The Kier molecular flexibility index (Phi) is 17.5. The van der Waals surface area contributed by atoms with Crippen molar-refractivity contribution in [2.45, 2.75) is 98.3 Å². The number of amides is 2. The summed E-state index contributed by atoms with van der Waals surface area (Å²) < 4.78 is 22.6. The smallest absolute Gasteiger partial charge is 0.329 e. The standard InChI is InChI=1S/C35H61N5O7/c1-21(2)26(14-25-15-30(34(45-8)39-20-25)46-13-9-12-44-7)16-28(37)29(47-35(43)32(23(5)6)40-31(41)18-36)17-27(22(3)4)33(42)38-19-24-10-11-24/h15,20-24,26-29,32H,9-14,16-19,36-37H2,1-8H3,(H,38,42)(H,40,41)/t26?,27?,28-,29?,32?/m0/s1. The van der Waals surface area contributed by atoms with E-state index in [0.717, 1.165) is 24.8 Å². The van der Waals surface area contributed by atoms with Crippen molar-refractivity contribution >= 4 is 17.8 Å². The summed E-state index contributed by atoms with van der Waals surface area (Å²) >= 11 is 0. The molecule has 12 nitrogen and oxygen atoms in total. The second-order valence-electron chi connectivity index (χ2n) is 13.9. The van der Waals surface area contributed by atoms with E-state index in [4.69, 9.17) is 30.4 Å². The maximum Gasteiger partial charge on any atom is 0.329 e. The highest BCUT2D eigenvalue weighted by Gasteiger charge is 2.36. The molecule has 0 aromatic carbocycles. The minimum Gasteiger partial charge on any atom is -0.488 e. The normalized spacial score (nSPS) is 16.4. The number of hydrogen-bond donors (Lipinski definition) is 4. The van der Waals surface area contributed by atoms with Crippen molar-refractivity contribution in [2.75, 3.05) is 40.5 Å². The predicted octanol–water partition coefficient (Wildman–Crippen LogP) is 3.24. The van der Waals surface area contributed by atoms with Gasteiger partial charge in [0.25, 0.3) is 5.88 Å². The van der Waals surface area contributed by atoms with Crippen molar-refractivity contribution in [2.24, 2.45) is 47.0 Å². The van der Waals surface area contributed by atoms with Gasteiger partial charge in [-0.05, 0) is 73.3 Å². The van der Waals surface area contributed by atoms with E-state index in [0.29, 0.717) is 50.1 Å². The molecule has 5 atom stereocenters. The van der Waals surface area contributed by atoms with E-state index in [9.17, 15) is 14.4 Å². The third kappa shape index (κ3) is 14.0. The Morgan fingerprint density at radius 2 is 1.70 bits per heavy atom. The lowest BCUT2D eigenvalue weighted by Gasteiger charge is -2.33. The van der Waals surface area contributed by atoms with Gasteiger partial charge in [0.1, 0.15) is 12.1 Å². The van der Waals surface area contributed by atoms with Gasteiger partial charge in [-0.1, -0.05) is 41.5 Å². The van der Waals surface area contributed by atoms with Gasteiger partial charge in [0, 0.05) is 44.8 Å². The van der Waals surface area contributed by atoms with Crippen LogP contribution in [0, 0.1) is 35.5 Å². The number of esters is 1. The predicted molar refractivity (Wildman–Crippen MR) is 182 cm³/mol. The highest BCUT2D eigenvalue weighted by atomic mass is 16.5. The zero-order valence-electron chi connectivity index (χ0n) is 29.9. The topological polar surface area (TPSA) is 177 Å². The molecular formula is C35H61N5O7. The number of hydrogen-bond acceptors (Lipinski definition) is 10. The average Bonchev–Trinajstić information content (AvgIpc) is 3.86. The summed E-state index contributed by atoms with van der Waals surface area (Å²) in [6.45, 7) is 13.4. The van der Waals surface area contributed by atoms with Crippen molar-refractivity contribution in [1.82, 2.24) is 15.6 Å². The Bertz CT molecular complexity index is 1110. The zero-order chi connectivity index (χ0) is 35.1. The van der Waals surface area contributed by atoms with E-state index in [1.54, 1.807) is 20.4 Å². The lowest BCUT2D eigenvalue weighted by atomic mass is 9.81. The number of nitrogens with one attached hydrogen (secondary N) is 2. The second kappa shape index (κ2) is 20.4. The van der Waals surface area contributed by atoms with E-state index in [1.807, 2.05) is 33.8 Å². The van der Waals surface area contributed by atoms with E-state index in [-0.39, 0.29) is 42.5 Å². The molecule has 1 heterocycles. The molecule has 0 saturated heterocycles. The molecule has 12 heteroatoms. The molecule has 0 spiro atoms. The first-order valence-electron chi connectivity index (χ1n) is 17.2. The highest BCUT2D eigenvalue weighted by molar-refractivity contribution is 5.85. The molecule has 1 fully saturated rings. The molecular weight excluding hydrogens is 602 g/mol. The van der Waals surface area contributed by atoms with Gasteiger partial charge >= 0.3 is 5.97 Å². The first-order chi connectivity index (χ1) is 22.3. The second-order valence-corrected chi connectivity index (χ2v) is 13.9. The third-order valence-corrected chi connectivity index (χ3v) is 8.89. The molecule has 0 radical (unpaired) electrons. The van der Waals surface area contributed by atoms with E-state index in [2.05, 4.69) is 29.5 Å². The Labute approximate surface area is 281 Å². The molecule has 1 aromatic rings. The van der Waals surface area contributed by atoms with Gasteiger partial charge in [-0.25, -0.2) is 9.78 Å². The molecule has 4 unspecified atom stereocenters. The van der Waals surface area contributed by atoms with Gasteiger partial charge in [-0.3, -0.25) is 9.59 Å². The summed E-state index contributed by atoms with van der Waals surface area (Å²) in [5, 5.41) is 5.78. The van der Waals surface area contributed by atoms with Crippen LogP contribution in [-0.2, 0) is 30.3 Å². The van der Waals surface area contributed by atoms with Crippen molar-refractivity contribution in [3.63, 3.8) is 0 Å². The van der Waals surface area contributed by atoms with Crippen LogP contribution >= 0.6 is 0 Å². The number of methoxy groups -OCH3 is 2. The minimum atomic E-state index is -0.893. The molecule has 1 aliphatic carbocycles. The van der Waals surface area contributed by atoms with Crippen molar-refractivity contribution in [1.29, 1.82) is 0 Å². The number of carbonyl (C=O) groups excluding carboxylic acids is 3. The molecule has 1 aliphatic rings. The summed E-state index contributed by atoms with van der Waals surface area (Å²) in [5.74, 6) is 0.111. The lowest BCUT2D eigenvalue weighted by Crippen LogP contribution is -2.51. The summed E-state index contributed by atoms with van der Waals surface area (Å²) in [6.07, 6.45) is 5.48. The Balaban J connectivity index is 2.31. The van der Waals surface area contributed by atoms with Gasteiger partial charge in [-0.15, -0.1) is 0 Å². The first-order valence-corrected chi connectivity index (χ1v) is 17.2.